The molecule has 2 rings (SSSR count). The molecular formula is C12H12ClF4N3O. The molecular weight excluding hydrogens is 314 g/mol. The second-order valence-electron chi connectivity index (χ2n) is 4.30. The Morgan fingerprint density at radius 1 is 1.38 bits per heavy atom. The topological polar surface area (TPSA) is 59.6 Å². The van der Waals surface area contributed by atoms with E-state index < -0.39 is 24.3 Å². The number of amidine groups is 1. The zero-order chi connectivity index (χ0) is 15.6. The van der Waals surface area contributed by atoms with Gasteiger partial charge >= 0.3 is 12.5 Å². The Kier molecular flexibility index (Phi) is 4.58. The smallest absolute Gasteiger partial charge is 0.427 e. The van der Waals surface area contributed by atoms with Crippen molar-refractivity contribution in [3.63, 3.8) is 0 Å². The summed E-state index contributed by atoms with van der Waals surface area (Å²) in [6.07, 6.45) is -8.60. The third kappa shape index (κ3) is 3.38. The number of aliphatic imine (C=N–C) groups is 1. The van der Waals surface area contributed by atoms with E-state index >= 15 is 0 Å². The zero-order valence-electron chi connectivity index (χ0n) is 10.6. The largest absolute Gasteiger partial charge is 0.461 e. The Balaban J connectivity index is 2.28. The third-order valence-electron chi connectivity index (χ3n) is 2.82. The average molecular weight is 326 g/mol. The van der Waals surface area contributed by atoms with Gasteiger partial charge in [0.25, 0.3) is 0 Å². The normalized spacial score (nSPS) is 16.6. The second-order valence-corrected chi connectivity index (χ2v) is 4.67. The van der Waals surface area contributed by atoms with Gasteiger partial charge in [0.15, 0.2) is 0 Å². The van der Waals surface area contributed by atoms with Crippen LogP contribution in [0.3, 0.4) is 0 Å². The highest BCUT2D eigenvalue weighted by Crippen LogP contribution is 2.36. The minimum Gasteiger partial charge on any atom is -0.427 e. The Hall–Kier alpha value is -1.54. The van der Waals surface area contributed by atoms with E-state index in [1.54, 1.807) is 0 Å². The van der Waals surface area contributed by atoms with Crippen molar-refractivity contribution in [1.29, 1.82) is 0 Å². The Morgan fingerprint density at radius 2 is 2.10 bits per heavy atom. The van der Waals surface area contributed by atoms with E-state index in [2.05, 4.69) is 15.0 Å². The molecule has 1 aliphatic rings. The molecule has 116 valence electrons. The maximum atomic E-state index is 12.9. The van der Waals surface area contributed by atoms with E-state index in [1.165, 1.54) is 12.1 Å². The van der Waals surface area contributed by atoms with Gasteiger partial charge < -0.3 is 15.8 Å². The molecule has 0 radical (unpaired) electrons. The fraction of sp³-hybridized carbons (Fsp3) is 0.417. The van der Waals surface area contributed by atoms with Crippen LogP contribution in [0, 0.1) is 0 Å². The van der Waals surface area contributed by atoms with Gasteiger partial charge in [-0.3, -0.25) is 4.99 Å². The van der Waals surface area contributed by atoms with Crippen molar-refractivity contribution in [1.82, 2.24) is 5.32 Å². The van der Waals surface area contributed by atoms with Crippen molar-refractivity contribution < 1.29 is 22.3 Å². The van der Waals surface area contributed by atoms with Crippen molar-refractivity contribution in [2.75, 3.05) is 13.1 Å². The number of nitrogens with zero attached hydrogens (tertiary/aromatic N) is 1. The van der Waals surface area contributed by atoms with Crippen molar-refractivity contribution in [3.8, 4) is 5.75 Å². The van der Waals surface area contributed by atoms with Crippen LogP contribution in [0.4, 0.5) is 17.6 Å². The molecule has 1 aromatic carbocycles. The lowest BCUT2D eigenvalue weighted by atomic mass is 10.1. The first-order chi connectivity index (χ1) is 9.83. The minimum atomic E-state index is -4.63. The van der Waals surface area contributed by atoms with Crippen LogP contribution < -0.4 is 15.8 Å². The van der Waals surface area contributed by atoms with E-state index in [1.807, 2.05) is 0 Å². The summed E-state index contributed by atoms with van der Waals surface area (Å²) in [6, 6.07) is 3.12. The van der Waals surface area contributed by atoms with Crippen LogP contribution >= 0.6 is 11.6 Å². The lowest BCUT2D eigenvalue weighted by molar-refractivity contribution is -0.253. The number of halogens is 5. The van der Waals surface area contributed by atoms with Gasteiger partial charge in [-0.25, -0.2) is 0 Å². The van der Waals surface area contributed by atoms with Crippen LogP contribution in [0.15, 0.2) is 23.2 Å². The lowest BCUT2D eigenvalue weighted by Gasteiger charge is -2.20. The van der Waals surface area contributed by atoms with Crippen molar-refractivity contribution in [2.24, 2.45) is 10.7 Å². The third-order valence-corrected chi connectivity index (χ3v) is 3.23. The number of ether oxygens (including phenoxy) is 1. The summed E-state index contributed by atoms with van der Waals surface area (Å²) in [6.45, 7) is 1.15. The van der Waals surface area contributed by atoms with Crippen LogP contribution in [0.2, 0.25) is 5.02 Å². The highest BCUT2D eigenvalue weighted by atomic mass is 35.5. The van der Waals surface area contributed by atoms with Gasteiger partial charge in [0.1, 0.15) is 11.6 Å². The first-order valence-electron chi connectivity index (χ1n) is 6.00. The molecule has 1 aliphatic heterocycles. The van der Waals surface area contributed by atoms with Crippen LogP contribution in [-0.4, -0.2) is 31.5 Å². The van der Waals surface area contributed by atoms with Gasteiger partial charge in [-0.15, -0.1) is 0 Å². The zero-order valence-corrected chi connectivity index (χ0v) is 11.4. The molecule has 0 fully saturated rings. The summed E-state index contributed by atoms with van der Waals surface area (Å²) in [5.74, 6) is -0.108. The maximum absolute atomic E-state index is 12.9. The summed E-state index contributed by atoms with van der Waals surface area (Å²) in [5.41, 5.74) is 6.18. The van der Waals surface area contributed by atoms with Crippen molar-refractivity contribution in [3.05, 3.63) is 28.8 Å². The molecule has 9 heteroatoms. The van der Waals surface area contributed by atoms with Crippen LogP contribution in [0.25, 0.3) is 0 Å². The molecule has 0 bridgehead atoms. The molecule has 3 N–H and O–H groups in total. The number of alkyl halides is 4. The summed E-state index contributed by atoms with van der Waals surface area (Å²) in [4.78, 5) is 4.10. The van der Waals surface area contributed by atoms with Crippen LogP contribution in [0.5, 0.6) is 5.75 Å². The number of nitrogens with one attached hydrogen (secondary N) is 1. The summed E-state index contributed by atoms with van der Waals surface area (Å²) in [7, 11) is 0. The van der Waals surface area contributed by atoms with Gasteiger partial charge in [0, 0.05) is 6.54 Å². The van der Waals surface area contributed by atoms with Gasteiger partial charge in [-0.2, -0.15) is 17.6 Å². The van der Waals surface area contributed by atoms with Gasteiger partial charge in [-0.05, 0) is 11.6 Å². The highest BCUT2D eigenvalue weighted by Gasteiger charge is 2.44. The molecule has 0 saturated carbocycles. The van der Waals surface area contributed by atoms with Crippen LogP contribution in [0.1, 0.15) is 11.6 Å². The van der Waals surface area contributed by atoms with Gasteiger partial charge in [0.2, 0.25) is 0 Å². The first-order valence-corrected chi connectivity index (χ1v) is 6.38. The van der Waals surface area contributed by atoms with Crippen molar-refractivity contribution >= 4 is 17.4 Å². The number of nitrogens with two attached hydrogens (primary N) is 1. The SMILES string of the molecule is NC(C1=NCCN1)c1cccc(OC(F)(F)C(F)F)c1Cl. The molecule has 0 saturated heterocycles. The quantitative estimate of drug-likeness (QED) is 0.818. The second kappa shape index (κ2) is 6.07. The standard InChI is InChI=1S/C12H12ClF4N3O/c13-8-6(9(18)10-19-4-5-20-10)2-1-3-7(8)21-12(16,17)11(14)15/h1-3,9,11H,4-5,18H2,(H,19,20). The number of hydrogen-bond donors (Lipinski definition) is 2. The average Bonchev–Trinajstić information content (AvgIpc) is 2.94. The molecule has 1 unspecified atom stereocenters. The Morgan fingerprint density at radius 3 is 2.67 bits per heavy atom. The molecule has 0 amide bonds. The number of benzene rings is 1. The van der Waals surface area contributed by atoms with E-state index in [9.17, 15) is 17.6 Å². The van der Waals surface area contributed by atoms with Crippen LogP contribution in [-0.2, 0) is 0 Å². The fourth-order valence-electron chi connectivity index (χ4n) is 1.81. The first kappa shape index (κ1) is 15.8. The fourth-order valence-corrected chi connectivity index (χ4v) is 2.09. The van der Waals surface area contributed by atoms with E-state index in [0.29, 0.717) is 18.9 Å². The maximum Gasteiger partial charge on any atom is 0.461 e. The summed E-state index contributed by atoms with van der Waals surface area (Å²) < 4.78 is 54.2. The molecule has 0 aliphatic carbocycles. The summed E-state index contributed by atoms with van der Waals surface area (Å²) in [5, 5.41) is 2.68. The van der Waals surface area contributed by atoms with Gasteiger partial charge in [0.05, 0.1) is 17.6 Å². The lowest BCUT2D eigenvalue weighted by Crippen LogP contribution is -2.34. The predicted octanol–water partition coefficient (Wildman–Crippen LogP) is 2.58. The monoisotopic (exact) mass is 325 g/mol. The van der Waals surface area contributed by atoms with E-state index in [4.69, 9.17) is 17.3 Å². The number of rotatable bonds is 5. The Bertz CT molecular complexity index is 553. The molecule has 0 aromatic heterocycles. The molecule has 1 atom stereocenters. The van der Waals surface area contributed by atoms with E-state index in [-0.39, 0.29) is 10.6 Å². The number of hydrogen-bond acceptors (Lipinski definition) is 4. The minimum absolute atomic E-state index is 0.248. The predicted molar refractivity (Wildman–Crippen MR) is 70.3 cm³/mol. The molecule has 21 heavy (non-hydrogen) atoms. The highest BCUT2D eigenvalue weighted by molar-refractivity contribution is 6.33. The van der Waals surface area contributed by atoms with Gasteiger partial charge in [-0.1, -0.05) is 23.7 Å². The van der Waals surface area contributed by atoms with Crippen molar-refractivity contribution in [2.45, 2.75) is 18.6 Å². The van der Waals surface area contributed by atoms with E-state index in [0.717, 1.165) is 6.07 Å². The summed E-state index contributed by atoms with van der Waals surface area (Å²) >= 11 is 5.93. The molecule has 4 nitrogen and oxygen atoms in total. The Labute approximate surface area is 122 Å². The molecule has 0 spiro atoms. The molecule has 1 aromatic rings. The molecule has 1 heterocycles.